The fraction of sp³-hybridized carbons (Fsp3) is 0.200. The van der Waals surface area contributed by atoms with Crippen LogP contribution in [0.2, 0.25) is 0 Å². The quantitative estimate of drug-likeness (QED) is 0.927. The Kier molecular flexibility index (Phi) is 3.61. The Balaban J connectivity index is 2.54. The third kappa shape index (κ3) is 2.56. The van der Waals surface area contributed by atoms with Crippen LogP contribution in [0.25, 0.3) is 5.69 Å². The number of benzene rings is 1. The van der Waals surface area contributed by atoms with Gasteiger partial charge in [0, 0.05) is 43.4 Å². The summed E-state index contributed by atoms with van der Waals surface area (Å²) in [6.07, 6.45) is 1.37. The van der Waals surface area contributed by atoms with Crippen molar-refractivity contribution in [1.82, 2.24) is 4.57 Å². The van der Waals surface area contributed by atoms with Crippen molar-refractivity contribution in [2.45, 2.75) is 6.92 Å². The lowest BCUT2D eigenvalue weighted by Crippen LogP contribution is -2.18. The molecule has 5 nitrogen and oxygen atoms in total. The monoisotopic (exact) mass is 272 g/mol. The van der Waals surface area contributed by atoms with E-state index in [1.54, 1.807) is 11.5 Å². The smallest absolute Gasteiger partial charge is 0.341 e. The maximum absolute atomic E-state index is 11.6. The van der Waals surface area contributed by atoms with Gasteiger partial charge in [-0.3, -0.25) is 4.79 Å². The van der Waals surface area contributed by atoms with Crippen LogP contribution in [0.3, 0.4) is 0 Å². The predicted octanol–water partition coefficient (Wildman–Crippen LogP) is 1.91. The van der Waals surface area contributed by atoms with E-state index in [2.05, 4.69) is 0 Å². The molecule has 0 saturated carbocycles. The maximum Gasteiger partial charge on any atom is 0.341 e. The molecule has 0 aliphatic heterocycles. The van der Waals surface area contributed by atoms with E-state index in [1.165, 1.54) is 12.3 Å². The fourth-order valence-corrected chi connectivity index (χ4v) is 1.98. The molecular weight excluding hydrogens is 256 g/mol. The van der Waals surface area contributed by atoms with Crippen molar-refractivity contribution < 1.29 is 9.90 Å². The SMILES string of the molecule is Cc1cc(=O)c(C(=O)O)cn1-c1ccc(N(C)C)cc1. The molecule has 0 aliphatic rings. The van der Waals surface area contributed by atoms with Crippen molar-refractivity contribution >= 4 is 11.7 Å². The van der Waals surface area contributed by atoms with Gasteiger partial charge in [0.25, 0.3) is 0 Å². The zero-order valence-corrected chi connectivity index (χ0v) is 11.6. The molecular formula is C15H16N2O3. The highest BCUT2D eigenvalue weighted by molar-refractivity contribution is 5.87. The number of aryl methyl sites for hydroxylation is 1. The van der Waals surface area contributed by atoms with Crippen LogP contribution in [0, 0.1) is 6.92 Å². The molecule has 0 aliphatic carbocycles. The van der Waals surface area contributed by atoms with Gasteiger partial charge < -0.3 is 14.6 Å². The molecule has 20 heavy (non-hydrogen) atoms. The summed E-state index contributed by atoms with van der Waals surface area (Å²) in [6, 6.07) is 8.99. The number of aromatic carboxylic acids is 1. The van der Waals surface area contributed by atoms with Crippen LogP contribution in [0.15, 0.2) is 41.3 Å². The molecule has 2 rings (SSSR count). The van der Waals surface area contributed by atoms with Crippen molar-refractivity contribution in [3.63, 3.8) is 0 Å². The molecule has 1 heterocycles. The first-order chi connectivity index (χ1) is 9.40. The molecule has 0 radical (unpaired) electrons. The van der Waals surface area contributed by atoms with Gasteiger partial charge in [0.05, 0.1) is 0 Å². The van der Waals surface area contributed by atoms with E-state index in [4.69, 9.17) is 5.11 Å². The van der Waals surface area contributed by atoms with Gasteiger partial charge in [-0.05, 0) is 31.2 Å². The first-order valence-electron chi connectivity index (χ1n) is 6.14. The molecule has 0 atom stereocenters. The molecule has 2 aromatic rings. The summed E-state index contributed by atoms with van der Waals surface area (Å²) in [5.41, 5.74) is 1.85. The maximum atomic E-state index is 11.6. The molecule has 1 N–H and O–H groups in total. The van der Waals surface area contributed by atoms with E-state index in [9.17, 15) is 9.59 Å². The number of pyridine rings is 1. The van der Waals surface area contributed by atoms with Crippen molar-refractivity contribution in [2.24, 2.45) is 0 Å². The highest BCUT2D eigenvalue weighted by atomic mass is 16.4. The van der Waals surface area contributed by atoms with Gasteiger partial charge in [-0.1, -0.05) is 0 Å². The predicted molar refractivity (Wildman–Crippen MR) is 78.1 cm³/mol. The summed E-state index contributed by atoms with van der Waals surface area (Å²) in [4.78, 5) is 24.6. The summed E-state index contributed by atoms with van der Waals surface area (Å²) in [5.74, 6) is -1.21. The lowest BCUT2D eigenvalue weighted by atomic mass is 10.2. The van der Waals surface area contributed by atoms with Crippen LogP contribution in [-0.4, -0.2) is 29.7 Å². The first-order valence-corrected chi connectivity index (χ1v) is 6.14. The summed E-state index contributed by atoms with van der Waals surface area (Å²) >= 11 is 0. The third-order valence-corrected chi connectivity index (χ3v) is 3.12. The van der Waals surface area contributed by atoms with Crippen molar-refractivity contribution in [1.29, 1.82) is 0 Å². The van der Waals surface area contributed by atoms with Gasteiger partial charge in [-0.15, -0.1) is 0 Å². The summed E-state index contributed by atoms with van der Waals surface area (Å²) in [5, 5.41) is 9.02. The topological polar surface area (TPSA) is 62.5 Å². The van der Waals surface area contributed by atoms with E-state index in [0.29, 0.717) is 5.69 Å². The molecule has 1 aromatic heterocycles. The highest BCUT2D eigenvalue weighted by Crippen LogP contribution is 2.16. The number of hydrogen-bond acceptors (Lipinski definition) is 3. The number of anilines is 1. The van der Waals surface area contributed by atoms with Crippen LogP contribution < -0.4 is 10.3 Å². The second kappa shape index (κ2) is 5.21. The van der Waals surface area contributed by atoms with Crippen molar-refractivity contribution in [3.8, 4) is 5.69 Å². The first kappa shape index (κ1) is 13.9. The minimum absolute atomic E-state index is 0.229. The molecule has 5 heteroatoms. The largest absolute Gasteiger partial charge is 0.477 e. The lowest BCUT2D eigenvalue weighted by molar-refractivity contribution is 0.0695. The fourth-order valence-electron chi connectivity index (χ4n) is 1.98. The standard InChI is InChI=1S/C15H16N2O3/c1-10-8-14(18)13(15(19)20)9-17(10)12-6-4-11(5-7-12)16(2)3/h4-9H,1-3H3,(H,19,20). The van der Waals surface area contributed by atoms with Gasteiger partial charge in [-0.2, -0.15) is 0 Å². The number of rotatable bonds is 3. The van der Waals surface area contributed by atoms with E-state index in [1.807, 2.05) is 43.3 Å². The molecule has 104 valence electrons. The third-order valence-electron chi connectivity index (χ3n) is 3.12. The van der Waals surface area contributed by atoms with Crippen molar-refractivity contribution in [3.05, 3.63) is 58.0 Å². The second-order valence-electron chi connectivity index (χ2n) is 4.78. The van der Waals surface area contributed by atoms with Crippen LogP contribution in [-0.2, 0) is 0 Å². The van der Waals surface area contributed by atoms with E-state index < -0.39 is 11.4 Å². The van der Waals surface area contributed by atoms with Gasteiger partial charge in [0.2, 0.25) is 0 Å². The Morgan fingerprint density at radius 1 is 1.20 bits per heavy atom. The Labute approximate surface area is 116 Å². The van der Waals surface area contributed by atoms with Crippen LogP contribution in [0.4, 0.5) is 5.69 Å². The Morgan fingerprint density at radius 2 is 1.80 bits per heavy atom. The summed E-state index contributed by atoms with van der Waals surface area (Å²) in [7, 11) is 3.89. The summed E-state index contributed by atoms with van der Waals surface area (Å²) in [6.45, 7) is 1.77. The van der Waals surface area contributed by atoms with Gasteiger partial charge in [-0.25, -0.2) is 4.79 Å². The molecule has 0 spiro atoms. The average Bonchev–Trinajstić information content (AvgIpc) is 2.38. The van der Waals surface area contributed by atoms with Gasteiger partial charge in [0.1, 0.15) is 5.56 Å². The van der Waals surface area contributed by atoms with E-state index >= 15 is 0 Å². The number of carboxylic acids is 1. The zero-order valence-electron chi connectivity index (χ0n) is 11.6. The van der Waals surface area contributed by atoms with E-state index in [-0.39, 0.29) is 5.56 Å². The number of nitrogens with zero attached hydrogens (tertiary/aromatic N) is 2. The molecule has 0 bridgehead atoms. The van der Waals surface area contributed by atoms with Gasteiger partial charge >= 0.3 is 5.97 Å². The normalized spacial score (nSPS) is 10.3. The number of carbonyl (C=O) groups is 1. The second-order valence-corrected chi connectivity index (χ2v) is 4.78. The van der Waals surface area contributed by atoms with Gasteiger partial charge in [0.15, 0.2) is 5.43 Å². The van der Waals surface area contributed by atoms with Crippen LogP contribution in [0.5, 0.6) is 0 Å². The minimum atomic E-state index is -1.21. The molecule has 0 unspecified atom stereocenters. The number of hydrogen-bond donors (Lipinski definition) is 1. The molecule has 1 aromatic carbocycles. The number of carboxylic acid groups (broad SMARTS) is 1. The Bertz CT molecular complexity index is 700. The summed E-state index contributed by atoms with van der Waals surface area (Å²) < 4.78 is 1.70. The minimum Gasteiger partial charge on any atom is -0.477 e. The Morgan fingerprint density at radius 3 is 2.30 bits per heavy atom. The molecule has 0 fully saturated rings. The lowest BCUT2D eigenvalue weighted by Gasteiger charge is -2.15. The van der Waals surface area contributed by atoms with Crippen LogP contribution >= 0.6 is 0 Å². The average molecular weight is 272 g/mol. The molecule has 0 amide bonds. The Hall–Kier alpha value is -2.56. The molecule has 0 saturated heterocycles. The zero-order chi connectivity index (χ0) is 14.9. The van der Waals surface area contributed by atoms with E-state index in [0.717, 1.165) is 11.4 Å². The van der Waals surface area contributed by atoms with Crippen molar-refractivity contribution in [2.75, 3.05) is 19.0 Å². The van der Waals surface area contributed by atoms with Crippen LogP contribution in [0.1, 0.15) is 16.1 Å². The highest BCUT2D eigenvalue weighted by Gasteiger charge is 2.11. The number of aromatic nitrogens is 1.